The molecule has 0 saturated heterocycles. The van der Waals surface area contributed by atoms with Crippen LogP contribution in [0.3, 0.4) is 0 Å². The van der Waals surface area contributed by atoms with Crippen molar-refractivity contribution in [2.75, 3.05) is 4.72 Å². The number of nitrogens with zero attached hydrogens (tertiary/aromatic N) is 2. The Morgan fingerprint density at radius 3 is 2.57 bits per heavy atom. The molecule has 0 aliphatic carbocycles. The topological polar surface area (TPSA) is 85.1 Å². The van der Waals surface area contributed by atoms with Gasteiger partial charge in [-0.1, -0.05) is 18.2 Å². The third kappa shape index (κ3) is 3.24. The number of benzene rings is 1. The molecule has 0 aliphatic rings. The average molecular weight is 329 g/mol. The first kappa shape index (κ1) is 15.2. The Kier molecular flexibility index (Phi) is 3.87. The van der Waals surface area contributed by atoms with Crippen molar-refractivity contribution in [2.45, 2.75) is 18.9 Å². The van der Waals surface area contributed by atoms with Crippen LogP contribution in [0.1, 0.15) is 11.1 Å². The molecule has 0 fully saturated rings. The molecule has 0 bridgehead atoms. The minimum absolute atomic E-state index is 0.0208. The lowest BCUT2D eigenvalue weighted by atomic mass is 10.1. The number of sulfonamides is 1. The van der Waals surface area contributed by atoms with E-state index in [1.54, 1.807) is 18.3 Å². The quantitative estimate of drug-likeness (QED) is 0.794. The highest BCUT2D eigenvalue weighted by atomic mass is 32.2. The van der Waals surface area contributed by atoms with Crippen LogP contribution in [0.25, 0.3) is 11.3 Å². The van der Waals surface area contributed by atoms with Crippen LogP contribution in [-0.4, -0.2) is 18.4 Å². The Morgan fingerprint density at radius 2 is 1.91 bits per heavy atom. The average Bonchev–Trinajstić information content (AvgIpc) is 3.04. The summed E-state index contributed by atoms with van der Waals surface area (Å²) in [4.78, 5) is 7.83. The van der Waals surface area contributed by atoms with Gasteiger partial charge in [0, 0.05) is 11.8 Å². The molecular weight excluding hydrogens is 314 g/mol. The highest BCUT2D eigenvalue weighted by Gasteiger charge is 2.17. The van der Waals surface area contributed by atoms with Gasteiger partial charge in [0.05, 0.1) is 11.9 Å². The van der Waals surface area contributed by atoms with Crippen LogP contribution in [0.15, 0.2) is 58.6 Å². The molecule has 2 heterocycles. The Bertz CT molecular complexity index is 918. The number of hydrogen-bond acceptors (Lipinski definition) is 5. The summed E-state index contributed by atoms with van der Waals surface area (Å²) in [5, 5.41) is -0.0208. The van der Waals surface area contributed by atoms with Crippen molar-refractivity contribution in [3.63, 3.8) is 0 Å². The number of anilines is 1. The van der Waals surface area contributed by atoms with E-state index in [0.29, 0.717) is 11.4 Å². The summed E-state index contributed by atoms with van der Waals surface area (Å²) in [6.07, 6.45) is 4.42. The second-order valence-electron chi connectivity index (χ2n) is 5.17. The molecule has 0 spiro atoms. The molecule has 3 rings (SSSR count). The van der Waals surface area contributed by atoms with E-state index in [0.717, 1.165) is 16.7 Å². The molecule has 118 valence electrons. The molecule has 23 heavy (non-hydrogen) atoms. The van der Waals surface area contributed by atoms with Crippen molar-refractivity contribution < 1.29 is 12.8 Å². The number of aryl methyl sites for hydroxylation is 2. The first-order chi connectivity index (χ1) is 11.0. The highest BCUT2D eigenvalue weighted by Crippen LogP contribution is 2.26. The lowest BCUT2D eigenvalue weighted by molar-refractivity contribution is 0.572. The fourth-order valence-corrected chi connectivity index (χ4v) is 3.11. The number of pyridine rings is 1. The van der Waals surface area contributed by atoms with E-state index in [1.807, 2.05) is 26.0 Å². The molecular formula is C16H15N3O3S. The lowest BCUT2D eigenvalue weighted by Crippen LogP contribution is -2.15. The second kappa shape index (κ2) is 5.85. The molecule has 6 nitrogen and oxygen atoms in total. The van der Waals surface area contributed by atoms with E-state index in [4.69, 9.17) is 4.42 Å². The third-order valence-electron chi connectivity index (χ3n) is 3.36. The minimum atomic E-state index is -3.75. The van der Waals surface area contributed by atoms with Gasteiger partial charge in [-0.15, -0.1) is 0 Å². The van der Waals surface area contributed by atoms with Crippen molar-refractivity contribution in [2.24, 2.45) is 0 Å². The second-order valence-corrected chi connectivity index (χ2v) is 6.80. The Morgan fingerprint density at radius 1 is 1.09 bits per heavy atom. The molecule has 0 radical (unpaired) electrons. The summed E-state index contributed by atoms with van der Waals surface area (Å²) in [5.74, 6) is 0.568. The van der Waals surface area contributed by atoms with Crippen LogP contribution in [0.4, 0.5) is 5.69 Å². The first-order valence-electron chi connectivity index (χ1n) is 6.91. The zero-order valence-electron chi connectivity index (χ0n) is 12.6. The van der Waals surface area contributed by atoms with Gasteiger partial charge in [-0.2, -0.15) is 8.42 Å². The highest BCUT2D eigenvalue weighted by molar-refractivity contribution is 7.92. The van der Waals surface area contributed by atoms with Crippen molar-refractivity contribution in [1.29, 1.82) is 0 Å². The Balaban J connectivity index is 1.96. The van der Waals surface area contributed by atoms with Gasteiger partial charge in [-0.25, -0.2) is 9.97 Å². The van der Waals surface area contributed by atoms with Gasteiger partial charge in [0.1, 0.15) is 0 Å². The molecule has 0 amide bonds. The predicted molar refractivity (Wildman–Crippen MR) is 86.5 cm³/mol. The smallest absolute Gasteiger partial charge is 0.279 e. The normalized spacial score (nSPS) is 11.4. The number of oxazole rings is 1. The van der Waals surface area contributed by atoms with E-state index in [1.165, 1.54) is 18.7 Å². The van der Waals surface area contributed by atoms with E-state index in [2.05, 4.69) is 14.7 Å². The molecule has 3 aromatic rings. The van der Waals surface area contributed by atoms with Crippen LogP contribution < -0.4 is 4.72 Å². The maximum atomic E-state index is 12.5. The van der Waals surface area contributed by atoms with Crippen molar-refractivity contribution in [1.82, 2.24) is 9.97 Å². The summed E-state index contributed by atoms with van der Waals surface area (Å²) in [7, 11) is -3.75. The molecule has 0 saturated carbocycles. The summed E-state index contributed by atoms with van der Waals surface area (Å²) < 4.78 is 32.7. The predicted octanol–water partition coefficient (Wildman–Crippen LogP) is 3.15. The minimum Gasteiger partial charge on any atom is -0.444 e. The van der Waals surface area contributed by atoms with Crippen LogP contribution in [-0.2, 0) is 10.0 Å². The van der Waals surface area contributed by atoms with Crippen LogP contribution >= 0.6 is 0 Å². The molecule has 0 unspecified atom stereocenters. The van der Waals surface area contributed by atoms with Crippen molar-refractivity contribution in [3.8, 4) is 11.3 Å². The summed E-state index contributed by atoms with van der Waals surface area (Å²) in [6.45, 7) is 3.67. The van der Waals surface area contributed by atoms with Crippen LogP contribution in [0, 0.1) is 13.8 Å². The van der Waals surface area contributed by atoms with Crippen molar-refractivity contribution >= 4 is 15.7 Å². The van der Waals surface area contributed by atoms with Crippen LogP contribution in [0.5, 0.6) is 0 Å². The Labute approximate surface area is 134 Å². The van der Waals surface area contributed by atoms with Crippen LogP contribution in [0.2, 0.25) is 0 Å². The summed E-state index contributed by atoms with van der Waals surface area (Å²) in [5.41, 5.74) is 2.90. The number of nitrogens with one attached hydrogen (secondary N) is 1. The monoisotopic (exact) mass is 329 g/mol. The van der Waals surface area contributed by atoms with E-state index < -0.39 is 10.0 Å². The fraction of sp³-hybridized carbons (Fsp3) is 0.125. The third-order valence-corrected chi connectivity index (χ3v) is 4.64. The van der Waals surface area contributed by atoms with Gasteiger partial charge in [0.2, 0.25) is 0 Å². The standard InChI is InChI=1S/C16H15N3O3S/c1-11-3-6-16(18-8-11)23(20,21)19-14-7-13(5-4-12(14)2)15-9-17-10-22-15/h3-10,19H,1-2H3. The maximum absolute atomic E-state index is 12.5. The number of hydrogen-bond donors (Lipinski definition) is 1. The van der Waals surface area contributed by atoms with Gasteiger partial charge >= 0.3 is 0 Å². The van der Waals surface area contributed by atoms with Gasteiger partial charge in [-0.05, 0) is 37.1 Å². The van der Waals surface area contributed by atoms with Gasteiger partial charge in [-0.3, -0.25) is 4.72 Å². The van der Waals surface area contributed by atoms with Gasteiger partial charge in [0.15, 0.2) is 17.2 Å². The zero-order chi connectivity index (χ0) is 16.4. The zero-order valence-corrected chi connectivity index (χ0v) is 13.5. The molecule has 1 aromatic carbocycles. The van der Waals surface area contributed by atoms with Gasteiger partial charge < -0.3 is 4.42 Å². The SMILES string of the molecule is Cc1ccc(S(=O)(=O)Nc2cc(-c3cnco3)ccc2C)nc1. The molecule has 7 heteroatoms. The molecule has 1 N–H and O–H groups in total. The van der Waals surface area contributed by atoms with E-state index >= 15 is 0 Å². The molecule has 0 atom stereocenters. The summed E-state index contributed by atoms with van der Waals surface area (Å²) in [6, 6.07) is 8.56. The van der Waals surface area contributed by atoms with E-state index in [9.17, 15) is 8.42 Å². The number of aromatic nitrogens is 2. The van der Waals surface area contributed by atoms with Crippen molar-refractivity contribution in [3.05, 3.63) is 60.2 Å². The largest absolute Gasteiger partial charge is 0.444 e. The first-order valence-corrected chi connectivity index (χ1v) is 8.39. The van der Waals surface area contributed by atoms with Gasteiger partial charge in [0.25, 0.3) is 10.0 Å². The Hall–Kier alpha value is -2.67. The number of rotatable bonds is 4. The molecule has 0 aliphatic heterocycles. The molecule has 2 aromatic heterocycles. The lowest BCUT2D eigenvalue weighted by Gasteiger charge is -2.11. The van der Waals surface area contributed by atoms with E-state index in [-0.39, 0.29) is 5.03 Å². The fourth-order valence-electron chi connectivity index (χ4n) is 2.05. The maximum Gasteiger partial charge on any atom is 0.279 e. The summed E-state index contributed by atoms with van der Waals surface area (Å²) >= 11 is 0.